The third-order valence-corrected chi connectivity index (χ3v) is 1.53. The average molecular weight is 161 g/mol. The van der Waals surface area contributed by atoms with Gasteiger partial charge in [0.15, 0.2) is 0 Å². The molecule has 48 valence electrons. The van der Waals surface area contributed by atoms with E-state index in [0.717, 1.165) is 0 Å². The zero-order chi connectivity index (χ0) is 6.85. The fourth-order valence-electron chi connectivity index (χ4n) is 0.501. The van der Waals surface area contributed by atoms with Gasteiger partial charge in [0.05, 0.1) is 5.02 Å². The highest BCUT2D eigenvalue weighted by Crippen LogP contribution is 2.24. The molecule has 0 unspecified atom stereocenters. The maximum absolute atomic E-state index is 8.92. The van der Waals surface area contributed by atoms with E-state index in [1.165, 1.54) is 6.07 Å². The van der Waals surface area contributed by atoms with Crippen LogP contribution in [0.4, 0.5) is 0 Å². The molecule has 0 aromatic heterocycles. The lowest BCUT2D eigenvalue weighted by Crippen LogP contribution is -1.67. The number of thiol groups is 1. The molecule has 0 amide bonds. The van der Waals surface area contributed by atoms with Gasteiger partial charge in [0.2, 0.25) is 0 Å². The Morgan fingerprint density at radius 2 is 2.11 bits per heavy atom. The van der Waals surface area contributed by atoms with Gasteiger partial charge in [-0.05, 0) is 18.2 Å². The van der Waals surface area contributed by atoms with E-state index >= 15 is 0 Å². The third kappa shape index (κ3) is 1.53. The summed E-state index contributed by atoms with van der Waals surface area (Å²) in [6.07, 6.45) is 0. The zero-order valence-electron chi connectivity index (χ0n) is 4.50. The fourth-order valence-corrected chi connectivity index (χ4v) is 0.815. The Morgan fingerprint density at radius 3 is 2.56 bits per heavy atom. The van der Waals surface area contributed by atoms with Crippen molar-refractivity contribution in [2.45, 2.75) is 4.90 Å². The second-order valence-electron chi connectivity index (χ2n) is 1.64. The summed E-state index contributed by atoms with van der Waals surface area (Å²) in [7, 11) is 0. The van der Waals surface area contributed by atoms with Gasteiger partial charge in [-0.2, -0.15) is 0 Å². The van der Waals surface area contributed by atoms with Crippen LogP contribution < -0.4 is 0 Å². The Balaban J connectivity index is 3.17. The Kier molecular flexibility index (Phi) is 1.88. The molecule has 0 bridgehead atoms. The van der Waals surface area contributed by atoms with Crippen molar-refractivity contribution in [2.24, 2.45) is 0 Å². The second-order valence-corrected chi connectivity index (χ2v) is 2.56. The van der Waals surface area contributed by atoms with E-state index in [2.05, 4.69) is 12.6 Å². The first-order chi connectivity index (χ1) is 4.20. The van der Waals surface area contributed by atoms with Crippen LogP contribution in [-0.2, 0) is 0 Å². The first-order valence-corrected chi connectivity index (χ1v) is 3.20. The molecule has 0 aliphatic carbocycles. The number of benzene rings is 1. The largest absolute Gasteiger partial charge is 0.506 e. The summed E-state index contributed by atoms with van der Waals surface area (Å²) >= 11 is 9.48. The molecule has 1 aromatic rings. The van der Waals surface area contributed by atoms with Crippen molar-refractivity contribution in [3.8, 4) is 5.75 Å². The highest BCUT2D eigenvalue weighted by molar-refractivity contribution is 7.80. The van der Waals surface area contributed by atoms with E-state index in [1.807, 2.05) is 0 Å². The van der Waals surface area contributed by atoms with E-state index < -0.39 is 0 Å². The minimum absolute atomic E-state index is 0.0733. The number of phenolic OH excluding ortho intramolecular Hbond substituents is 1. The molecule has 1 N–H and O–H groups in total. The zero-order valence-corrected chi connectivity index (χ0v) is 6.15. The molecule has 0 aliphatic heterocycles. The van der Waals surface area contributed by atoms with E-state index in [-0.39, 0.29) is 5.75 Å². The van der Waals surface area contributed by atoms with Crippen LogP contribution in [0.2, 0.25) is 5.02 Å². The van der Waals surface area contributed by atoms with Gasteiger partial charge in [-0.1, -0.05) is 11.6 Å². The molecule has 9 heavy (non-hydrogen) atoms. The van der Waals surface area contributed by atoms with E-state index in [1.54, 1.807) is 12.1 Å². The summed E-state index contributed by atoms with van der Waals surface area (Å²) in [6.45, 7) is 0. The van der Waals surface area contributed by atoms with Gasteiger partial charge in [0.1, 0.15) is 5.75 Å². The van der Waals surface area contributed by atoms with Gasteiger partial charge in [-0.15, -0.1) is 12.6 Å². The fraction of sp³-hybridized carbons (Fsp3) is 0. The van der Waals surface area contributed by atoms with Gasteiger partial charge in [0.25, 0.3) is 0 Å². The standard InChI is InChI=1S/C6H5ClOS/c7-5-2-1-4(9)3-6(5)8/h1-3,8-9H. The third-order valence-electron chi connectivity index (χ3n) is 0.930. The Bertz CT molecular complexity index is 224. The number of rotatable bonds is 0. The van der Waals surface area contributed by atoms with Gasteiger partial charge in [0, 0.05) is 4.90 Å². The Morgan fingerprint density at radius 1 is 1.44 bits per heavy atom. The SMILES string of the molecule is Oc1cc(S)ccc1Cl. The van der Waals surface area contributed by atoms with Gasteiger partial charge >= 0.3 is 0 Å². The molecule has 0 atom stereocenters. The monoisotopic (exact) mass is 160 g/mol. The van der Waals surface area contributed by atoms with Crippen LogP contribution in [0.25, 0.3) is 0 Å². The van der Waals surface area contributed by atoms with Crippen LogP contribution in [0.1, 0.15) is 0 Å². The van der Waals surface area contributed by atoms with Crippen molar-refractivity contribution in [3.63, 3.8) is 0 Å². The summed E-state index contributed by atoms with van der Waals surface area (Å²) in [5, 5.41) is 9.27. The van der Waals surface area contributed by atoms with Crippen molar-refractivity contribution in [1.82, 2.24) is 0 Å². The number of hydrogen-bond acceptors (Lipinski definition) is 2. The van der Waals surface area contributed by atoms with Crippen molar-refractivity contribution in [3.05, 3.63) is 23.2 Å². The van der Waals surface area contributed by atoms with E-state index in [9.17, 15) is 0 Å². The quantitative estimate of drug-likeness (QED) is 0.559. The molecule has 0 heterocycles. The summed E-state index contributed by atoms with van der Waals surface area (Å²) in [6, 6.07) is 4.80. The molecule has 0 radical (unpaired) electrons. The smallest absolute Gasteiger partial charge is 0.135 e. The Hall–Kier alpha value is -0.340. The molecule has 0 fully saturated rings. The molecule has 0 saturated carbocycles. The number of aromatic hydroxyl groups is 1. The van der Waals surface area contributed by atoms with Gasteiger partial charge in [-0.25, -0.2) is 0 Å². The lowest BCUT2D eigenvalue weighted by Gasteiger charge is -1.94. The Labute approximate surface area is 63.7 Å². The van der Waals surface area contributed by atoms with Crippen LogP contribution >= 0.6 is 24.2 Å². The molecule has 1 nitrogen and oxygen atoms in total. The number of hydrogen-bond donors (Lipinski definition) is 2. The minimum atomic E-state index is 0.0733. The predicted octanol–water partition coefficient (Wildman–Crippen LogP) is 2.33. The molecule has 0 saturated heterocycles. The average Bonchev–Trinajstić information content (AvgIpc) is 1.80. The predicted molar refractivity (Wildman–Crippen MR) is 40.4 cm³/mol. The normalized spacial score (nSPS) is 9.56. The molecule has 0 aliphatic rings. The van der Waals surface area contributed by atoms with Gasteiger partial charge in [-0.3, -0.25) is 0 Å². The van der Waals surface area contributed by atoms with E-state index in [0.29, 0.717) is 9.92 Å². The van der Waals surface area contributed by atoms with Crippen molar-refractivity contribution in [2.75, 3.05) is 0 Å². The number of halogens is 1. The molecule has 3 heteroatoms. The highest BCUT2D eigenvalue weighted by atomic mass is 35.5. The first kappa shape index (κ1) is 6.78. The topological polar surface area (TPSA) is 20.2 Å². The lowest BCUT2D eigenvalue weighted by atomic mass is 10.3. The molecular weight excluding hydrogens is 156 g/mol. The van der Waals surface area contributed by atoms with Crippen LogP contribution in [0.5, 0.6) is 5.75 Å². The summed E-state index contributed by atoms with van der Waals surface area (Å²) in [5.74, 6) is 0.0733. The summed E-state index contributed by atoms with van der Waals surface area (Å²) in [5.41, 5.74) is 0. The van der Waals surface area contributed by atoms with Crippen LogP contribution in [-0.4, -0.2) is 5.11 Å². The number of phenols is 1. The van der Waals surface area contributed by atoms with Crippen LogP contribution in [0.3, 0.4) is 0 Å². The molecule has 1 aromatic carbocycles. The van der Waals surface area contributed by atoms with Crippen LogP contribution in [0.15, 0.2) is 23.1 Å². The first-order valence-electron chi connectivity index (χ1n) is 2.37. The lowest BCUT2D eigenvalue weighted by molar-refractivity contribution is 0.474. The van der Waals surface area contributed by atoms with Crippen molar-refractivity contribution >= 4 is 24.2 Å². The summed E-state index contributed by atoms with van der Waals surface area (Å²) < 4.78 is 0. The molecular formula is C6H5ClOS. The van der Waals surface area contributed by atoms with E-state index in [4.69, 9.17) is 16.7 Å². The van der Waals surface area contributed by atoms with Gasteiger partial charge < -0.3 is 5.11 Å². The van der Waals surface area contributed by atoms with Crippen LogP contribution in [0, 0.1) is 0 Å². The molecule has 1 rings (SSSR count). The maximum Gasteiger partial charge on any atom is 0.135 e. The molecule has 0 spiro atoms. The second kappa shape index (κ2) is 2.50. The van der Waals surface area contributed by atoms with Crippen molar-refractivity contribution in [1.29, 1.82) is 0 Å². The summed E-state index contributed by atoms with van der Waals surface area (Å²) in [4.78, 5) is 0.705. The minimum Gasteiger partial charge on any atom is -0.506 e. The maximum atomic E-state index is 8.92. The highest BCUT2D eigenvalue weighted by Gasteiger charge is 1.94. The van der Waals surface area contributed by atoms with Crippen molar-refractivity contribution < 1.29 is 5.11 Å².